The van der Waals surface area contributed by atoms with E-state index < -0.39 is 0 Å². The predicted molar refractivity (Wildman–Crippen MR) is 38.5 cm³/mol. The first-order valence-electron chi connectivity index (χ1n) is 3.01. The van der Waals surface area contributed by atoms with Gasteiger partial charge in [-0.1, -0.05) is 19.4 Å². The van der Waals surface area contributed by atoms with Gasteiger partial charge >= 0.3 is 0 Å². The molecule has 0 spiro atoms. The van der Waals surface area contributed by atoms with Gasteiger partial charge in [-0.15, -0.1) is 6.08 Å². The van der Waals surface area contributed by atoms with Crippen LogP contribution in [0.15, 0.2) is 24.3 Å². The van der Waals surface area contributed by atoms with E-state index in [-0.39, 0.29) is 32.7 Å². The molecule has 9 heavy (non-hydrogen) atoms. The van der Waals surface area contributed by atoms with E-state index >= 15 is 0 Å². The monoisotopic (exact) mass is 198 g/mol. The van der Waals surface area contributed by atoms with E-state index in [0.29, 0.717) is 0 Å². The number of allylic oxidation sites excluding steroid dienone is 4. The molecule has 0 saturated carbocycles. The van der Waals surface area contributed by atoms with Crippen LogP contribution in [0.4, 0.5) is 0 Å². The molecule has 1 heteroatoms. The largest absolute Gasteiger partial charge is 0.245 e. The van der Waals surface area contributed by atoms with E-state index in [9.17, 15) is 0 Å². The summed E-state index contributed by atoms with van der Waals surface area (Å²) in [5, 5.41) is 0. The fourth-order valence-corrected chi connectivity index (χ4v) is 0.438. The molecule has 0 aliphatic carbocycles. The third-order valence-electron chi connectivity index (χ3n) is 0.841. The van der Waals surface area contributed by atoms with Crippen LogP contribution in [0.5, 0.6) is 0 Å². The molecule has 1 radical (unpaired) electrons. The summed E-state index contributed by atoms with van der Waals surface area (Å²) >= 11 is 0. The van der Waals surface area contributed by atoms with E-state index in [4.69, 9.17) is 0 Å². The minimum absolute atomic E-state index is 0. The molecule has 0 aliphatic heterocycles. The summed E-state index contributed by atoms with van der Waals surface area (Å²) in [6, 6.07) is 0. The van der Waals surface area contributed by atoms with E-state index in [1.165, 1.54) is 0 Å². The van der Waals surface area contributed by atoms with E-state index in [1.807, 2.05) is 12.2 Å². The Balaban J connectivity index is 0. The summed E-state index contributed by atoms with van der Waals surface area (Å²) in [7, 11) is 0. The molecule has 0 unspecified atom stereocenters. The molecule has 0 rings (SSSR count). The second kappa shape index (κ2) is 11.3. The van der Waals surface area contributed by atoms with E-state index in [1.54, 1.807) is 0 Å². The van der Waals surface area contributed by atoms with Crippen LogP contribution >= 0.6 is 0 Å². The Labute approximate surface area is 83.3 Å². The Kier molecular flexibility index (Phi) is 15.2. The summed E-state index contributed by atoms with van der Waals surface area (Å²) in [5.41, 5.74) is 0. The smallest absolute Gasteiger partial charge is 0 e. The Morgan fingerprint density at radius 2 is 1.89 bits per heavy atom. The van der Waals surface area contributed by atoms with Gasteiger partial charge in [0.25, 0.3) is 0 Å². The van der Waals surface area contributed by atoms with Gasteiger partial charge in [-0.05, 0) is 6.42 Å². The topological polar surface area (TPSA) is 0 Å². The Bertz CT molecular complexity index is 82.6. The fraction of sp³-hybridized carbons (Fsp3) is 0.375. The van der Waals surface area contributed by atoms with E-state index in [2.05, 4.69) is 26.0 Å². The summed E-state index contributed by atoms with van der Waals surface area (Å²) < 4.78 is 0. The van der Waals surface area contributed by atoms with Crippen molar-refractivity contribution in [1.82, 2.24) is 0 Å². The Morgan fingerprint density at radius 3 is 2.33 bits per heavy atom. The molecule has 0 atom stereocenters. The summed E-state index contributed by atoms with van der Waals surface area (Å²) in [6.45, 7) is 5.70. The molecule has 49 valence electrons. The van der Waals surface area contributed by atoms with Crippen molar-refractivity contribution in [2.24, 2.45) is 0 Å². The molecule has 0 aliphatic rings. The van der Waals surface area contributed by atoms with Crippen molar-refractivity contribution >= 4 is 0 Å². The zero-order chi connectivity index (χ0) is 6.24. The zero-order valence-electron chi connectivity index (χ0n) is 6.01. The van der Waals surface area contributed by atoms with Crippen LogP contribution in [0, 0.1) is 6.92 Å². The molecular formula is C8H13Y-. The molecule has 0 fully saturated rings. The third-order valence-corrected chi connectivity index (χ3v) is 0.841. The van der Waals surface area contributed by atoms with Crippen molar-refractivity contribution < 1.29 is 32.7 Å². The van der Waals surface area contributed by atoms with Gasteiger partial charge in [0.1, 0.15) is 0 Å². The zero-order valence-corrected chi connectivity index (χ0v) is 8.85. The van der Waals surface area contributed by atoms with Crippen molar-refractivity contribution in [3.8, 4) is 0 Å². The average molecular weight is 198 g/mol. The molecule has 0 aromatic rings. The van der Waals surface area contributed by atoms with Crippen molar-refractivity contribution in [3.63, 3.8) is 0 Å². The summed E-state index contributed by atoms with van der Waals surface area (Å²) in [5.74, 6) is 0. The van der Waals surface area contributed by atoms with Crippen LogP contribution in [0.1, 0.15) is 19.8 Å². The first-order chi connectivity index (χ1) is 3.91. The molecule has 0 heterocycles. The van der Waals surface area contributed by atoms with Gasteiger partial charge < -0.3 is 0 Å². The summed E-state index contributed by atoms with van der Waals surface area (Å²) in [6.07, 6.45) is 10.3. The first-order valence-corrected chi connectivity index (χ1v) is 3.01. The van der Waals surface area contributed by atoms with Crippen LogP contribution in [0.3, 0.4) is 0 Å². The average Bonchev–Trinajstić information content (AvgIpc) is 1.81. The van der Waals surface area contributed by atoms with Gasteiger partial charge in [-0.2, -0.15) is 0 Å². The number of hydrogen-bond acceptors (Lipinski definition) is 0. The minimum Gasteiger partial charge on any atom is -0.245 e. The quantitative estimate of drug-likeness (QED) is 0.483. The third kappa shape index (κ3) is 11.8. The van der Waals surface area contributed by atoms with Gasteiger partial charge in [0, 0.05) is 32.7 Å². The molecule has 0 nitrogen and oxygen atoms in total. The van der Waals surface area contributed by atoms with Crippen molar-refractivity contribution in [1.29, 1.82) is 0 Å². The molecule has 0 aromatic heterocycles. The van der Waals surface area contributed by atoms with Gasteiger partial charge in [0.15, 0.2) is 0 Å². The van der Waals surface area contributed by atoms with E-state index in [0.717, 1.165) is 12.8 Å². The van der Waals surface area contributed by atoms with Crippen LogP contribution < -0.4 is 0 Å². The normalized spacial score (nSPS) is 10.3. The molecular weight excluding hydrogens is 185 g/mol. The molecule has 0 amide bonds. The predicted octanol–water partition coefficient (Wildman–Crippen LogP) is 2.73. The number of hydrogen-bond donors (Lipinski definition) is 0. The van der Waals surface area contributed by atoms with Crippen LogP contribution in [0.2, 0.25) is 0 Å². The minimum atomic E-state index is 0. The second-order valence-electron chi connectivity index (χ2n) is 1.59. The Morgan fingerprint density at radius 1 is 1.22 bits per heavy atom. The first kappa shape index (κ1) is 12.2. The standard InChI is InChI=1S/C8H13.Y/c1-3-5-7-8-6-4-2;/h3,5-6,8H,1,4,7H2,2H3;/q-1;/b5-3+,8-6+;. The van der Waals surface area contributed by atoms with Crippen molar-refractivity contribution in [2.45, 2.75) is 19.8 Å². The van der Waals surface area contributed by atoms with Gasteiger partial charge in [0.05, 0.1) is 0 Å². The van der Waals surface area contributed by atoms with Crippen molar-refractivity contribution in [3.05, 3.63) is 31.2 Å². The van der Waals surface area contributed by atoms with Crippen LogP contribution in [-0.2, 0) is 32.7 Å². The van der Waals surface area contributed by atoms with Gasteiger partial charge in [-0.3, -0.25) is 0 Å². The maximum absolute atomic E-state index is 3.57. The molecule has 0 aromatic carbocycles. The molecule has 0 N–H and O–H groups in total. The van der Waals surface area contributed by atoms with Crippen LogP contribution in [-0.4, -0.2) is 0 Å². The van der Waals surface area contributed by atoms with Crippen LogP contribution in [0.25, 0.3) is 0 Å². The summed E-state index contributed by atoms with van der Waals surface area (Å²) in [4.78, 5) is 0. The Hall–Kier alpha value is 0.454. The maximum atomic E-state index is 3.57. The molecule has 0 saturated heterocycles. The second-order valence-corrected chi connectivity index (χ2v) is 1.59. The van der Waals surface area contributed by atoms with Crippen molar-refractivity contribution in [2.75, 3.05) is 0 Å². The van der Waals surface area contributed by atoms with Gasteiger partial charge in [0.2, 0.25) is 0 Å². The molecule has 0 bridgehead atoms. The van der Waals surface area contributed by atoms with Gasteiger partial charge in [-0.25, -0.2) is 19.1 Å². The maximum Gasteiger partial charge on any atom is 0 e. The number of rotatable bonds is 3. The fourth-order valence-electron chi connectivity index (χ4n) is 0.438. The SMILES string of the molecule is [CH2-]/C=C/C/C=C/CC.[Y].